The molecule has 0 fully saturated rings. The topological polar surface area (TPSA) is 42.0 Å². The van der Waals surface area contributed by atoms with E-state index in [0.717, 1.165) is 5.56 Å². The first-order chi connectivity index (χ1) is 6.75. The van der Waals surface area contributed by atoms with Crippen molar-refractivity contribution in [2.45, 2.75) is 13.3 Å². The van der Waals surface area contributed by atoms with E-state index < -0.39 is 6.67 Å². The van der Waals surface area contributed by atoms with E-state index in [1.54, 1.807) is 12.3 Å². The Hall–Kier alpha value is -1.45. The Bertz CT molecular complexity index is 315. The van der Waals surface area contributed by atoms with Crippen molar-refractivity contribution in [1.29, 1.82) is 0 Å². The quantitative estimate of drug-likeness (QED) is 0.741. The molecule has 4 heteroatoms. The Labute approximate surface area is 82.4 Å². The monoisotopic (exact) mass is 196 g/mol. The number of pyridine rings is 1. The van der Waals surface area contributed by atoms with Gasteiger partial charge in [-0.3, -0.25) is 14.2 Å². The largest absolute Gasteiger partial charge is 0.352 e. The number of hydrogen-bond donors (Lipinski definition) is 1. The molecule has 0 saturated carbocycles. The maximum absolute atomic E-state index is 11.8. The van der Waals surface area contributed by atoms with Gasteiger partial charge in [-0.2, -0.15) is 0 Å². The van der Waals surface area contributed by atoms with E-state index in [4.69, 9.17) is 0 Å². The molecule has 1 amide bonds. The van der Waals surface area contributed by atoms with Gasteiger partial charge >= 0.3 is 0 Å². The number of halogens is 1. The summed E-state index contributed by atoms with van der Waals surface area (Å²) >= 11 is 0. The zero-order valence-electron chi connectivity index (χ0n) is 8.09. The van der Waals surface area contributed by atoms with E-state index in [1.165, 1.54) is 6.20 Å². The van der Waals surface area contributed by atoms with Gasteiger partial charge in [-0.25, -0.2) is 0 Å². The SMILES string of the molecule is Cc1ccncc1C(=O)NCCCF. The summed E-state index contributed by atoms with van der Waals surface area (Å²) in [6.45, 7) is 1.79. The predicted octanol–water partition coefficient (Wildman–Crippen LogP) is 1.48. The fraction of sp³-hybridized carbons (Fsp3) is 0.400. The summed E-state index contributed by atoms with van der Waals surface area (Å²) in [6, 6.07) is 1.77. The molecular weight excluding hydrogens is 183 g/mol. The molecule has 0 aliphatic heterocycles. The minimum Gasteiger partial charge on any atom is -0.352 e. The maximum Gasteiger partial charge on any atom is 0.253 e. The third kappa shape index (κ3) is 2.80. The van der Waals surface area contributed by atoms with Gasteiger partial charge in [0.15, 0.2) is 0 Å². The van der Waals surface area contributed by atoms with Crippen LogP contribution in [-0.4, -0.2) is 24.1 Å². The molecule has 0 aromatic carbocycles. The average molecular weight is 196 g/mol. The first-order valence-corrected chi connectivity index (χ1v) is 4.50. The fourth-order valence-corrected chi connectivity index (χ4v) is 1.07. The van der Waals surface area contributed by atoms with E-state index >= 15 is 0 Å². The molecule has 1 N–H and O–H groups in total. The van der Waals surface area contributed by atoms with Gasteiger partial charge in [0.05, 0.1) is 12.2 Å². The van der Waals surface area contributed by atoms with Gasteiger partial charge in [0.25, 0.3) is 5.91 Å². The second-order valence-corrected chi connectivity index (χ2v) is 2.99. The van der Waals surface area contributed by atoms with E-state index in [0.29, 0.717) is 18.5 Å². The lowest BCUT2D eigenvalue weighted by atomic mass is 10.1. The molecule has 0 unspecified atom stereocenters. The van der Waals surface area contributed by atoms with Gasteiger partial charge < -0.3 is 5.32 Å². The highest BCUT2D eigenvalue weighted by molar-refractivity contribution is 5.95. The molecule has 1 heterocycles. The lowest BCUT2D eigenvalue weighted by Crippen LogP contribution is -2.25. The second kappa shape index (κ2) is 5.32. The van der Waals surface area contributed by atoms with Crippen molar-refractivity contribution in [2.75, 3.05) is 13.2 Å². The van der Waals surface area contributed by atoms with Crippen LogP contribution >= 0.6 is 0 Å². The fourth-order valence-electron chi connectivity index (χ4n) is 1.07. The number of rotatable bonds is 4. The highest BCUT2D eigenvalue weighted by Gasteiger charge is 2.07. The first-order valence-electron chi connectivity index (χ1n) is 4.50. The number of hydrogen-bond acceptors (Lipinski definition) is 2. The Morgan fingerprint density at radius 2 is 2.43 bits per heavy atom. The lowest BCUT2D eigenvalue weighted by Gasteiger charge is -2.05. The van der Waals surface area contributed by atoms with Gasteiger partial charge in [0.2, 0.25) is 0 Å². The molecule has 0 aliphatic rings. The van der Waals surface area contributed by atoms with Crippen LogP contribution in [-0.2, 0) is 0 Å². The molecule has 3 nitrogen and oxygen atoms in total. The maximum atomic E-state index is 11.8. The van der Waals surface area contributed by atoms with Crippen LogP contribution in [0.5, 0.6) is 0 Å². The highest BCUT2D eigenvalue weighted by atomic mass is 19.1. The van der Waals surface area contributed by atoms with Crippen molar-refractivity contribution in [2.24, 2.45) is 0 Å². The standard InChI is InChI=1S/C10H13FN2O/c1-8-3-6-12-7-9(8)10(14)13-5-2-4-11/h3,6-7H,2,4-5H2,1H3,(H,13,14). The van der Waals surface area contributed by atoms with Crippen molar-refractivity contribution in [3.05, 3.63) is 29.6 Å². The van der Waals surface area contributed by atoms with Crippen LogP contribution < -0.4 is 5.32 Å². The summed E-state index contributed by atoms with van der Waals surface area (Å²) in [5.41, 5.74) is 1.42. The second-order valence-electron chi connectivity index (χ2n) is 2.99. The summed E-state index contributed by atoms with van der Waals surface area (Å²) in [7, 11) is 0. The Balaban J connectivity index is 2.56. The molecule has 76 valence electrons. The first kappa shape index (κ1) is 10.6. The van der Waals surface area contributed by atoms with Crippen molar-refractivity contribution in [1.82, 2.24) is 10.3 Å². The van der Waals surface area contributed by atoms with Gasteiger partial charge in [0, 0.05) is 18.9 Å². The molecule has 0 radical (unpaired) electrons. The van der Waals surface area contributed by atoms with Crippen LogP contribution in [0.3, 0.4) is 0 Å². The average Bonchev–Trinajstić information content (AvgIpc) is 2.18. The van der Waals surface area contributed by atoms with Crippen molar-refractivity contribution in [3.8, 4) is 0 Å². The zero-order valence-corrected chi connectivity index (χ0v) is 8.09. The third-order valence-corrected chi connectivity index (χ3v) is 1.88. The van der Waals surface area contributed by atoms with E-state index in [1.807, 2.05) is 6.92 Å². The Morgan fingerprint density at radius 1 is 1.64 bits per heavy atom. The predicted molar refractivity (Wildman–Crippen MR) is 51.9 cm³/mol. The van der Waals surface area contributed by atoms with Crippen LogP contribution in [0, 0.1) is 6.92 Å². The molecular formula is C10H13FN2O. The van der Waals surface area contributed by atoms with Crippen LogP contribution in [0.2, 0.25) is 0 Å². The molecule has 14 heavy (non-hydrogen) atoms. The van der Waals surface area contributed by atoms with Crippen molar-refractivity contribution < 1.29 is 9.18 Å². The van der Waals surface area contributed by atoms with Gasteiger partial charge in [-0.05, 0) is 25.0 Å². The minimum absolute atomic E-state index is 0.191. The number of carbonyl (C=O) groups excluding carboxylic acids is 1. The smallest absolute Gasteiger partial charge is 0.253 e. The molecule has 0 spiro atoms. The van der Waals surface area contributed by atoms with E-state index in [-0.39, 0.29) is 5.91 Å². The highest BCUT2D eigenvalue weighted by Crippen LogP contribution is 2.03. The number of aryl methyl sites for hydroxylation is 1. The van der Waals surface area contributed by atoms with Gasteiger partial charge in [-0.1, -0.05) is 0 Å². The van der Waals surface area contributed by atoms with Crippen LogP contribution in [0.25, 0.3) is 0 Å². The molecule has 0 aliphatic carbocycles. The number of carbonyl (C=O) groups is 1. The van der Waals surface area contributed by atoms with Crippen LogP contribution in [0.1, 0.15) is 22.3 Å². The summed E-state index contributed by atoms with van der Waals surface area (Å²) < 4.78 is 11.8. The lowest BCUT2D eigenvalue weighted by molar-refractivity contribution is 0.0951. The van der Waals surface area contributed by atoms with E-state index in [9.17, 15) is 9.18 Å². The molecule has 1 rings (SSSR count). The minimum atomic E-state index is -0.410. The molecule has 1 aromatic rings. The summed E-state index contributed by atoms with van der Waals surface area (Å²) in [5.74, 6) is -0.191. The Kier molecular flexibility index (Phi) is 4.04. The van der Waals surface area contributed by atoms with Gasteiger partial charge in [0.1, 0.15) is 0 Å². The van der Waals surface area contributed by atoms with Gasteiger partial charge in [-0.15, -0.1) is 0 Å². The van der Waals surface area contributed by atoms with Crippen molar-refractivity contribution in [3.63, 3.8) is 0 Å². The molecule has 1 aromatic heterocycles. The van der Waals surface area contributed by atoms with Crippen LogP contribution in [0.4, 0.5) is 4.39 Å². The Morgan fingerprint density at radius 3 is 3.07 bits per heavy atom. The van der Waals surface area contributed by atoms with Crippen molar-refractivity contribution >= 4 is 5.91 Å². The molecule has 0 atom stereocenters. The summed E-state index contributed by atoms with van der Waals surface area (Å²) in [4.78, 5) is 15.3. The summed E-state index contributed by atoms with van der Waals surface area (Å²) in [5, 5.41) is 2.62. The van der Waals surface area contributed by atoms with E-state index in [2.05, 4.69) is 10.3 Å². The third-order valence-electron chi connectivity index (χ3n) is 1.88. The normalized spacial score (nSPS) is 9.86. The molecule has 0 saturated heterocycles. The number of nitrogens with one attached hydrogen (secondary N) is 1. The van der Waals surface area contributed by atoms with Crippen LogP contribution in [0.15, 0.2) is 18.5 Å². The number of aromatic nitrogens is 1. The zero-order chi connectivity index (χ0) is 10.4. The number of alkyl halides is 1. The molecule has 0 bridgehead atoms. The number of amides is 1. The number of nitrogens with zero attached hydrogens (tertiary/aromatic N) is 1. The summed E-state index contributed by atoms with van der Waals surface area (Å²) in [6.07, 6.45) is 3.50.